The molecule has 0 rings (SSSR count). The second-order valence-corrected chi connectivity index (χ2v) is 0. The van der Waals surface area contributed by atoms with Crippen LogP contribution in [0.15, 0.2) is 0 Å². The monoisotopic (exact) mass is 274 g/mol. The van der Waals surface area contributed by atoms with Gasteiger partial charge in [0, 0.05) is 0 Å². The Kier molecular flexibility index (Phi) is 1500. The zero-order valence-electron chi connectivity index (χ0n) is 4.43. The average molecular weight is 276 g/mol. The Bertz CT molecular complexity index is 13.8. The molecule has 0 aliphatic rings. The van der Waals surface area contributed by atoms with Crippen molar-refractivity contribution in [3.05, 3.63) is 0 Å². The van der Waals surface area contributed by atoms with Crippen molar-refractivity contribution in [3.63, 3.8) is 0 Å². The minimum absolute atomic E-state index is 0. The number of hydrogen-bond acceptors (Lipinski definition) is 0. The molecule has 0 aromatic rings. The Morgan fingerprint density at radius 1 is 0.333 bits per heavy atom. The summed E-state index contributed by atoms with van der Waals surface area (Å²) in [5, 5.41) is 0. The SMILES string of the molecule is O.O.O.[Ca+2].[Ca+2].[Cl-].[Cl-].[Cl-].[Cl-]. The normalized spacial score (nSPS) is 0. The fourth-order valence-corrected chi connectivity index (χ4v) is 0. The van der Waals surface area contributed by atoms with Crippen LogP contribution in [0.25, 0.3) is 0 Å². The zero-order chi connectivity index (χ0) is 0. The molecule has 0 aliphatic carbocycles. The first kappa shape index (κ1) is 132. The maximum absolute atomic E-state index is 0. The summed E-state index contributed by atoms with van der Waals surface area (Å²) in [7, 11) is 0. The number of halogens is 4. The van der Waals surface area contributed by atoms with Crippen LogP contribution in [-0.4, -0.2) is 91.9 Å². The fraction of sp³-hybridized carbons (Fsp3) is 0. The van der Waals surface area contributed by atoms with E-state index < -0.39 is 0 Å². The summed E-state index contributed by atoms with van der Waals surface area (Å²) in [4.78, 5) is 0. The van der Waals surface area contributed by atoms with Crippen LogP contribution >= 0.6 is 0 Å². The van der Waals surface area contributed by atoms with Gasteiger partial charge in [0.1, 0.15) is 0 Å². The summed E-state index contributed by atoms with van der Waals surface area (Å²) in [6, 6.07) is 0. The summed E-state index contributed by atoms with van der Waals surface area (Å²) in [6.45, 7) is 0. The second-order valence-electron chi connectivity index (χ2n) is 0. The predicted molar refractivity (Wildman–Crippen MR) is 22.3 cm³/mol. The van der Waals surface area contributed by atoms with Crippen molar-refractivity contribution in [1.29, 1.82) is 0 Å². The van der Waals surface area contributed by atoms with E-state index in [9.17, 15) is 0 Å². The molecule has 0 radical (unpaired) electrons. The van der Waals surface area contributed by atoms with Gasteiger partial charge in [-0.3, -0.25) is 0 Å². The van der Waals surface area contributed by atoms with E-state index in [4.69, 9.17) is 0 Å². The third kappa shape index (κ3) is 83.4. The molecule has 0 heterocycles. The van der Waals surface area contributed by atoms with Crippen molar-refractivity contribution in [2.75, 3.05) is 0 Å². The molecular formula is H6Ca2Cl4O3. The fourth-order valence-electron chi connectivity index (χ4n) is 0. The molecule has 6 N–H and O–H groups in total. The summed E-state index contributed by atoms with van der Waals surface area (Å²) in [5.41, 5.74) is 0. The summed E-state index contributed by atoms with van der Waals surface area (Å²) < 4.78 is 0. The molecule has 0 aromatic heterocycles. The molecule has 56 valence electrons. The summed E-state index contributed by atoms with van der Waals surface area (Å²) in [6.07, 6.45) is 0. The largest absolute Gasteiger partial charge is 2.00 e. The van der Waals surface area contributed by atoms with Crippen molar-refractivity contribution < 1.29 is 66.1 Å². The summed E-state index contributed by atoms with van der Waals surface area (Å²) in [5.74, 6) is 0. The molecular weight excluding hydrogens is 270 g/mol. The van der Waals surface area contributed by atoms with Gasteiger partial charge < -0.3 is 66.1 Å². The Morgan fingerprint density at radius 3 is 0.333 bits per heavy atom. The molecule has 0 fully saturated rings. The van der Waals surface area contributed by atoms with Gasteiger partial charge in [-0.05, 0) is 0 Å². The van der Waals surface area contributed by atoms with Gasteiger partial charge in [0.15, 0.2) is 0 Å². The van der Waals surface area contributed by atoms with Gasteiger partial charge in [0.05, 0.1) is 0 Å². The third-order valence-electron chi connectivity index (χ3n) is 0. The molecule has 0 bridgehead atoms. The molecule has 9 heavy (non-hydrogen) atoms. The molecule has 0 amide bonds. The first-order chi connectivity index (χ1) is 0. The Morgan fingerprint density at radius 2 is 0.333 bits per heavy atom. The maximum Gasteiger partial charge on any atom is 2.00 e. The van der Waals surface area contributed by atoms with Crippen LogP contribution in [0.2, 0.25) is 0 Å². The van der Waals surface area contributed by atoms with Crippen molar-refractivity contribution >= 4 is 75.5 Å². The molecule has 0 aliphatic heterocycles. The first-order valence-corrected chi connectivity index (χ1v) is 0. The van der Waals surface area contributed by atoms with Crippen molar-refractivity contribution in [2.45, 2.75) is 0 Å². The number of hydrogen-bond donors (Lipinski definition) is 0. The maximum atomic E-state index is 0. The van der Waals surface area contributed by atoms with Crippen LogP contribution in [0.3, 0.4) is 0 Å². The van der Waals surface area contributed by atoms with E-state index in [1.54, 1.807) is 0 Å². The molecule has 9 heteroatoms. The van der Waals surface area contributed by atoms with Crippen LogP contribution in [0.1, 0.15) is 0 Å². The average Bonchev–Trinajstić information content (AvgIpc) is 0. The second kappa shape index (κ2) is 102. The third-order valence-corrected chi connectivity index (χ3v) is 0. The van der Waals surface area contributed by atoms with Crippen LogP contribution in [0.4, 0.5) is 0 Å². The van der Waals surface area contributed by atoms with Gasteiger partial charge >= 0.3 is 75.5 Å². The van der Waals surface area contributed by atoms with E-state index in [0.29, 0.717) is 0 Å². The van der Waals surface area contributed by atoms with E-state index in [0.717, 1.165) is 0 Å². The summed E-state index contributed by atoms with van der Waals surface area (Å²) >= 11 is 0. The predicted octanol–water partition coefficient (Wildman–Crippen LogP) is -15.2. The molecule has 0 aromatic carbocycles. The minimum atomic E-state index is 0. The molecule has 0 saturated carbocycles. The van der Waals surface area contributed by atoms with Crippen molar-refractivity contribution in [2.24, 2.45) is 0 Å². The standard InChI is InChI=1S/2Ca.4ClH.3H2O/h;;4*1H;3*1H2/q2*+2;;;;;;;/p-4. The van der Waals surface area contributed by atoms with Gasteiger partial charge in [-0.1, -0.05) is 0 Å². The van der Waals surface area contributed by atoms with Crippen molar-refractivity contribution in [3.8, 4) is 0 Å². The van der Waals surface area contributed by atoms with E-state index >= 15 is 0 Å². The van der Waals surface area contributed by atoms with Crippen LogP contribution in [0, 0.1) is 0 Å². The molecule has 3 nitrogen and oxygen atoms in total. The number of rotatable bonds is 0. The van der Waals surface area contributed by atoms with Gasteiger partial charge in [-0.15, -0.1) is 0 Å². The topological polar surface area (TPSA) is 94.5 Å². The van der Waals surface area contributed by atoms with Crippen LogP contribution in [0.5, 0.6) is 0 Å². The molecule has 0 spiro atoms. The van der Waals surface area contributed by atoms with Gasteiger partial charge in [-0.2, -0.15) is 0 Å². The Hall–Kier alpha value is 3.56. The van der Waals surface area contributed by atoms with Crippen LogP contribution in [-0.2, 0) is 0 Å². The zero-order valence-corrected chi connectivity index (χ0v) is 11.9. The molecule has 0 saturated heterocycles. The first-order valence-electron chi connectivity index (χ1n) is 0. The minimum Gasteiger partial charge on any atom is -1.00 e. The van der Waals surface area contributed by atoms with Gasteiger partial charge in [0.25, 0.3) is 0 Å². The quantitative estimate of drug-likeness (QED) is 0.393. The molecule has 0 atom stereocenters. The smallest absolute Gasteiger partial charge is 1.00 e. The Labute approximate surface area is 139 Å². The van der Waals surface area contributed by atoms with E-state index in [1.807, 2.05) is 0 Å². The van der Waals surface area contributed by atoms with E-state index in [2.05, 4.69) is 0 Å². The Balaban J connectivity index is 0. The van der Waals surface area contributed by atoms with Gasteiger partial charge in [0.2, 0.25) is 0 Å². The van der Waals surface area contributed by atoms with E-state index in [-0.39, 0.29) is 142 Å². The van der Waals surface area contributed by atoms with Crippen molar-refractivity contribution in [1.82, 2.24) is 0 Å². The van der Waals surface area contributed by atoms with Gasteiger partial charge in [-0.25, -0.2) is 0 Å². The van der Waals surface area contributed by atoms with E-state index in [1.165, 1.54) is 0 Å². The molecule has 0 unspecified atom stereocenters. The van der Waals surface area contributed by atoms with Crippen LogP contribution < -0.4 is 49.6 Å².